The number of hydrogen-bond acceptors (Lipinski definition) is 2. The minimum atomic E-state index is -0.719. The van der Waals surface area contributed by atoms with Gasteiger partial charge in [-0.1, -0.05) is 42.5 Å². The van der Waals surface area contributed by atoms with Gasteiger partial charge in [0.15, 0.2) is 0 Å². The molecule has 2 atom stereocenters. The minimum Gasteiger partial charge on any atom is -0.387 e. The van der Waals surface area contributed by atoms with E-state index in [1.807, 2.05) is 18.2 Å². The number of rotatable bonds is 4. The van der Waals surface area contributed by atoms with Crippen molar-refractivity contribution < 1.29 is 9.50 Å². The second-order valence-electron chi connectivity index (χ2n) is 6.51. The van der Waals surface area contributed by atoms with Crippen LogP contribution in [0.4, 0.5) is 4.39 Å². The van der Waals surface area contributed by atoms with E-state index < -0.39 is 6.10 Å². The van der Waals surface area contributed by atoms with Crippen molar-refractivity contribution in [2.24, 2.45) is 0 Å². The van der Waals surface area contributed by atoms with Crippen LogP contribution in [0.5, 0.6) is 0 Å². The Morgan fingerprint density at radius 2 is 1.84 bits per heavy atom. The highest BCUT2D eigenvalue weighted by Crippen LogP contribution is 2.33. The molecular formula is C21H21FN2O. The molecule has 1 aliphatic rings. The maximum absolute atomic E-state index is 13.5. The summed E-state index contributed by atoms with van der Waals surface area (Å²) in [6.07, 6.45) is 1.38. The Kier molecular flexibility index (Phi) is 4.38. The molecule has 1 aliphatic heterocycles. The van der Waals surface area contributed by atoms with Crippen molar-refractivity contribution in [3.8, 4) is 0 Å². The molecule has 3 nitrogen and oxygen atoms in total. The highest BCUT2D eigenvalue weighted by molar-refractivity contribution is 5.30. The number of β-amino-alcohol motifs (C(OH)–C–C–N with tert-alkyl or cyclic N) is 1. The van der Waals surface area contributed by atoms with Gasteiger partial charge in [-0.05, 0) is 35.4 Å². The molecule has 25 heavy (non-hydrogen) atoms. The summed E-state index contributed by atoms with van der Waals surface area (Å²) in [5.41, 5.74) is 3.05. The van der Waals surface area contributed by atoms with Gasteiger partial charge < -0.3 is 9.67 Å². The van der Waals surface area contributed by atoms with Crippen molar-refractivity contribution in [2.75, 3.05) is 13.1 Å². The molecule has 2 heterocycles. The molecule has 4 rings (SSSR count). The SMILES string of the molecule is O[C@H](CN1CCn2cccc2[C@H]1c1ccccc1)c1cccc(F)c1. The summed E-state index contributed by atoms with van der Waals surface area (Å²) < 4.78 is 15.7. The van der Waals surface area contributed by atoms with Crippen molar-refractivity contribution in [3.05, 3.63) is 95.6 Å². The molecule has 0 unspecified atom stereocenters. The molecule has 4 heteroatoms. The molecule has 0 saturated heterocycles. The molecule has 0 bridgehead atoms. The molecular weight excluding hydrogens is 315 g/mol. The number of aliphatic hydroxyl groups is 1. The molecule has 128 valence electrons. The lowest BCUT2D eigenvalue weighted by Gasteiger charge is -2.38. The molecule has 0 saturated carbocycles. The first-order valence-electron chi connectivity index (χ1n) is 8.60. The second-order valence-corrected chi connectivity index (χ2v) is 6.51. The zero-order valence-corrected chi connectivity index (χ0v) is 13.9. The normalized spacial score (nSPS) is 18.7. The first-order valence-corrected chi connectivity index (χ1v) is 8.60. The lowest BCUT2D eigenvalue weighted by molar-refractivity contribution is 0.0821. The first kappa shape index (κ1) is 16.1. The standard InChI is InChI=1S/C21H21FN2O/c22-18-9-4-8-17(14-18)20(25)15-24-13-12-23-11-5-10-19(23)21(24)16-6-2-1-3-7-16/h1-11,14,20-21,25H,12-13,15H2/t20-,21-/m1/s1. The Bertz CT molecular complexity index is 846. The summed E-state index contributed by atoms with van der Waals surface area (Å²) in [5, 5.41) is 10.6. The van der Waals surface area contributed by atoms with Crippen LogP contribution in [0, 0.1) is 5.82 Å². The fourth-order valence-electron chi connectivity index (χ4n) is 3.69. The summed E-state index contributed by atoms with van der Waals surface area (Å²) in [5.74, 6) is -0.316. The summed E-state index contributed by atoms with van der Waals surface area (Å²) in [4.78, 5) is 2.28. The number of halogens is 1. The Morgan fingerprint density at radius 1 is 1.00 bits per heavy atom. The number of aromatic nitrogens is 1. The zero-order valence-electron chi connectivity index (χ0n) is 13.9. The Labute approximate surface area is 147 Å². The quantitative estimate of drug-likeness (QED) is 0.786. The van der Waals surface area contributed by atoms with Crippen LogP contribution in [0.2, 0.25) is 0 Å². The van der Waals surface area contributed by atoms with Gasteiger partial charge in [0.2, 0.25) is 0 Å². The van der Waals surface area contributed by atoms with E-state index in [2.05, 4.69) is 39.9 Å². The van der Waals surface area contributed by atoms with Gasteiger partial charge in [0, 0.05) is 31.5 Å². The van der Waals surface area contributed by atoms with E-state index in [9.17, 15) is 9.50 Å². The Morgan fingerprint density at radius 3 is 2.64 bits per heavy atom. The van der Waals surface area contributed by atoms with Crippen LogP contribution in [0.15, 0.2) is 72.9 Å². The van der Waals surface area contributed by atoms with Gasteiger partial charge in [0.25, 0.3) is 0 Å². The molecule has 0 aliphatic carbocycles. The topological polar surface area (TPSA) is 28.4 Å². The Hall–Kier alpha value is -2.43. The lowest BCUT2D eigenvalue weighted by atomic mass is 9.98. The predicted octanol–water partition coefficient (Wildman–Crippen LogP) is 3.77. The van der Waals surface area contributed by atoms with Gasteiger partial charge in [-0.15, -0.1) is 0 Å². The van der Waals surface area contributed by atoms with Gasteiger partial charge in [-0.25, -0.2) is 4.39 Å². The molecule has 1 aromatic heterocycles. The fraction of sp³-hybridized carbons (Fsp3) is 0.238. The lowest BCUT2D eigenvalue weighted by Crippen LogP contribution is -2.40. The van der Waals surface area contributed by atoms with Crippen molar-refractivity contribution >= 4 is 0 Å². The molecule has 0 amide bonds. The highest BCUT2D eigenvalue weighted by atomic mass is 19.1. The molecule has 2 aromatic carbocycles. The third-order valence-electron chi connectivity index (χ3n) is 4.89. The first-order chi connectivity index (χ1) is 12.2. The van der Waals surface area contributed by atoms with Gasteiger partial charge in [-0.3, -0.25) is 4.90 Å². The number of nitrogens with zero attached hydrogens (tertiary/aromatic N) is 2. The molecule has 1 N–H and O–H groups in total. The molecule has 0 spiro atoms. The minimum absolute atomic E-state index is 0.0909. The van der Waals surface area contributed by atoms with E-state index in [4.69, 9.17) is 0 Å². The zero-order chi connectivity index (χ0) is 17.2. The van der Waals surface area contributed by atoms with Crippen molar-refractivity contribution in [1.29, 1.82) is 0 Å². The van der Waals surface area contributed by atoms with Crippen LogP contribution in [-0.4, -0.2) is 27.7 Å². The van der Waals surface area contributed by atoms with Crippen LogP contribution in [0.25, 0.3) is 0 Å². The molecule has 3 aromatic rings. The van der Waals surface area contributed by atoms with Crippen molar-refractivity contribution in [1.82, 2.24) is 9.47 Å². The van der Waals surface area contributed by atoms with Gasteiger partial charge in [0.05, 0.1) is 12.1 Å². The van der Waals surface area contributed by atoms with E-state index in [1.165, 1.54) is 23.4 Å². The molecule has 0 fully saturated rings. The van der Waals surface area contributed by atoms with Crippen LogP contribution >= 0.6 is 0 Å². The molecule has 0 radical (unpaired) electrons. The third kappa shape index (κ3) is 3.23. The number of benzene rings is 2. The van der Waals surface area contributed by atoms with Gasteiger partial charge in [0.1, 0.15) is 5.82 Å². The summed E-state index contributed by atoms with van der Waals surface area (Å²) >= 11 is 0. The largest absolute Gasteiger partial charge is 0.387 e. The average Bonchev–Trinajstić information content (AvgIpc) is 3.11. The highest BCUT2D eigenvalue weighted by Gasteiger charge is 2.30. The van der Waals surface area contributed by atoms with Crippen molar-refractivity contribution in [2.45, 2.75) is 18.7 Å². The summed E-state index contributed by atoms with van der Waals surface area (Å²) in [7, 11) is 0. The monoisotopic (exact) mass is 336 g/mol. The summed E-state index contributed by atoms with van der Waals surface area (Å²) in [6.45, 7) is 2.20. The smallest absolute Gasteiger partial charge is 0.123 e. The van der Waals surface area contributed by atoms with Gasteiger partial charge in [-0.2, -0.15) is 0 Å². The van der Waals surface area contributed by atoms with Crippen LogP contribution in [-0.2, 0) is 6.54 Å². The maximum atomic E-state index is 13.5. The third-order valence-corrected chi connectivity index (χ3v) is 4.89. The van der Waals surface area contributed by atoms with Crippen molar-refractivity contribution in [3.63, 3.8) is 0 Å². The van der Waals surface area contributed by atoms with E-state index in [1.54, 1.807) is 12.1 Å². The number of fused-ring (bicyclic) bond motifs is 1. The van der Waals surface area contributed by atoms with E-state index in [0.717, 1.165) is 13.1 Å². The average molecular weight is 336 g/mol. The van der Waals surface area contributed by atoms with E-state index >= 15 is 0 Å². The number of aliphatic hydroxyl groups excluding tert-OH is 1. The van der Waals surface area contributed by atoms with E-state index in [0.29, 0.717) is 12.1 Å². The van der Waals surface area contributed by atoms with Crippen LogP contribution < -0.4 is 0 Å². The fourth-order valence-corrected chi connectivity index (χ4v) is 3.69. The van der Waals surface area contributed by atoms with E-state index in [-0.39, 0.29) is 11.9 Å². The number of hydrogen-bond donors (Lipinski definition) is 1. The van der Waals surface area contributed by atoms with Crippen LogP contribution in [0.1, 0.15) is 29.0 Å². The van der Waals surface area contributed by atoms with Gasteiger partial charge >= 0.3 is 0 Å². The van der Waals surface area contributed by atoms with Crippen LogP contribution in [0.3, 0.4) is 0 Å². The Balaban J connectivity index is 1.64. The second kappa shape index (κ2) is 6.82. The summed E-state index contributed by atoms with van der Waals surface area (Å²) in [6, 6.07) is 20.9. The predicted molar refractivity (Wildman–Crippen MR) is 95.6 cm³/mol. The maximum Gasteiger partial charge on any atom is 0.123 e.